The summed E-state index contributed by atoms with van der Waals surface area (Å²) in [4.78, 5) is 28.4. The van der Waals surface area contributed by atoms with E-state index in [-0.39, 0.29) is 53.4 Å². The Bertz CT molecular complexity index is 1710. The minimum Gasteiger partial charge on any atom is -0.508 e. The highest BCUT2D eigenvalue weighted by molar-refractivity contribution is 6.32. The minimum atomic E-state index is -0.889. The number of phenols is 1. The Balaban J connectivity index is 1.22. The number of carbonyl (C=O) groups excluding carboxylic acids is 1. The van der Waals surface area contributed by atoms with Gasteiger partial charge in [0.1, 0.15) is 30.0 Å². The summed E-state index contributed by atoms with van der Waals surface area (Å²) in [5.74, 6) is 0.347. The van der Waals surface area contributed by atoms with Crippen LogP contribution < -0.4 is 9.64 Å². The Morgan fingerprint density at radius 2 is 1.93 bits per heavy atom. The van der Waals surface area contributed by atoms with Crippen molar-refractivity contribution in [1.29, 1.82) is 0 Å². The van der Waals surface area contributed by atoms with Crippen LogP contribution in [0.15, 0.2) is 37.1 Å². The topological polar surface area (TPSA) is 82.0 Å². The molecule has 8 rings (SSSR count). The predicted octanol–water partition coefficient (Wildman–Crippen LogP) is 5.99. The van der Waals surface area contributed by atoms with Crippen LogP contribution in [0.4, 0.5) is 14.6 Å². The molecule has 8 nitrogen and oxygen atoms in total. The van der Waals surface area contributed by atoms with Crippen molar-refractivity contribution in [2.75, 3.05) is 37.7 Å². The molecule has 4 atom stereocenters. The zero-order chi connectivity index (χ0) is 31.0. The number of rotatable bonds is 7. The number of phenolic OH excluding ortho intramolecular Hbond substituents is 1. The van der Waals surface area contributed by atoms with Crippen LogP contribution in [0, 0.1) is 5.82 Å². The fourth-order valence-electron chi connectivity index (χ4n) is 8.43. The average Bonchev–Trinajstić information content (AvgIpc) is 3.63. The first-order valence-corrected chi connectivity index (χ1v) is 16.4. The molecule has 5 aliphatic rings. The molecule has 4 aliphatic heterocycles. The molecule has 0 spiro atoms. The molecule has 1 N–H and O–H groups in total. The molecule has 5 fully saturated rings. The average molecular weight is 636 g/mol. The zero-order valence-electron chi connectivity index (χ0n) is 25.0. The normalized spacial score (nSPS) is 27.8. The van der Waals surface area contributed by atoms with Gasteiger partial charge >= 0.3 is 0 Å². The van der Waals surface area contributed by atoms with E-state index in [4.69, 9.17) is 21.3 Å². The molecule has 1 aliphatic carbocycles. The maximum atomic E-state index is 16.8. The maximum absolute atomic E-state index is 16.8. The van der Waals surface area contributed by atoms with Gasteiger partial charge < -0.3 is 19.6 Å². The fourth-order valence-corrected chi connectivity index (χ4v) is 8.80. The highest BCUT2D eigenvalue weighted by Crippen LogP contribution is 2.50. The number of piperazine rings is 1. The number of ether oxygens (including phenoxy) is 1. The lowest BCUT2D eigenvalue weighted by Gasteiger charge is -2.41. The number of hydrogen-bond acceptors (Lipinski definition) is 7. The van der Waals surface area contributed by atoms with Crippen molar-refractivity contribution in [3.8, 4) is 22.9 Å². The third-order valence-electron chi connectivity index (χ3n) is 10.6. The van der Waals surface area contributed by atoms with E-state index in [2.05, 4.69) is 21.4 Å². The molecule has 6 heterocycles. The van der Waals surface area contributed by atoms with Crippen LogP contribution in [0.3, 0.4) is 0 Å². The van der Waals surface area contributed by atoms with E-state index in [1.54, 1.807) is 12.3 Å². The second-order valence-electron chi connectivity index (χ2n) is 13.4. The van der Waals surface area contributed by atoms with E-state index in [0.29, 0.717) is 53.2 Å². The van der Waals surface area contributed by atoms with Gasteiger partial charge in [-0.05, 0) is 74.8 Å². The van der Waals surface area contributed by atoms with Gasteiger partial charge in [-0.3, -0.25) is 14.7 Å². The predicted molar refractivity (Wildman–Crippen MR) is 168 cm³/mol. The van der Waals surface area contributed by atoms with Crippen LogP contribution in [0.2, 0.25) is 5.02 Å². The van der Waals surface area contributed by atoms with Gasteiger partial charge in [-0.25, -0.2) is 8.78 Å². The molecular weight excluding hydrogens is 600 g/mol. The number of aromatic hydroxyl groups is 1. The van der Waals surface area contributed by atoms with Gasteiger partial charge in [0.25, 0.3) is 0 Å². The van der Waals surface area contributed by atoms with Crippen LogP contribution in [0.5, 0.6) is 11.6 Å². The van der Waals surface area contributed by atoms with Gasteiger partial charge in [0, 0.05) is 71.8 Å². The van der Waals surface area contributed by atoms with Gasteiger partial charge in [-0.15, -0.1) is 0 Å². The number of hydrogen-bond donors (Lipinski definition) is 1. The van der Waals surface area contributed by atoms with E-state index in [0.717, 1.165) is 50.6 Å². The molecule has 2 aromatic heterocycles. The van der Waals surface area contributed by atoms with Gasteiger partial charge in [0.05, 0.1) is 5.54 Å². The highest BCUT2D eigenvalue weighted by Gasteiger charge is 2.49. The van der Waals surface area contributed by atoms with Gasteiger partial charge in [-0.1, -0.05) is 18.2 Å². The third-order valence-corrected chi connectivity index (χ3v) is 10.9. The van der Waals surface area contributed by atoms with Crippen molar-refractivity contribution < 1.29 is 23.4 Å². The Hall–Kier alpha value is -3.50. The van der Waals surface area contributed by atoms with Crippen molar-refractivity contribution in [3.63, 3.8) is 0 Å². The fraction of sp³-hybridized carbons (Fsp3) is 0.500. The second-order valence-corrected chi connectivity index (χ2v) is 13.8. The van der Waals surface area contributed by atoms with Crippen molar-refractivity contribution >= 4 is 34.1 Å². The van der Waals surface area contributed by atoms with E-state index < -0.39 is 12.0 Å². The molecule has 4 saturated heterocycles. The molecule has 45 heavy (non-hydrogen) atoms. The van der Waals surface area contributed by atoms with E-state index in [9.17, 15) is 14.3 Å². The standard InChI is InChI=1S/C34H36ClF2N5O3/c1-2-29(44)42-21-6-7-22(42)17-40(16-21)33-26-14-38-32(25-10-23(43)11-27(35)30(25)19-4-5-19)31(37)24(26)12-28(39-33)45-18-34-8-3-9-41(34)15-20(36)13-34/h2,10-12,14,19-22,43H,1,3-9,13,15-18H2. The molecule has 11 heteroatoms. The molecule has 1 aromatic carbocycles. The number of benzene rings is 1. The largest absolute Gasteiger partial charge is 0.508 e. The number of nitrogens with zero attached hydrogens (tertiary/aromatic N) is 5. The van der Waals surface area contributed by atoms with E-state index in [1.807, 2.05) is 4.90 Å². The van der Waals surface area contributed by atoms with Crippen molar-refractivity contribution in [1.82, 2.24) is 19.8 Å². The zero-order valence-corrected chi connectivity index (χ0v) is 25.8. The van der Waals surface area contributed by atoms with Crippen molar-refractivity contribution in [2.24, 2.45) is 0 Å². The highest BCUT2D eigenvalue weighted by atomic mass is 35.5. The molecular formula is C34H36ClF2N5O3. The second kappa shape index (κ2) is 10.8. The van der Waals surface area contributed by atoms with E-state index >= 15 is 4.39 Å². The SMILES string of the molecule is C=CC(=O)N1C2CCC1CN(c1nc(OCC34CCCN3CC(F)C4)cc3c(F)c(-c4cc(O)cc(Cl)c4C4CC4)ncc13)C2. The smallest absolute Gasteiger partial charge is 0.246 e. The van der Waals surface area contributed by atoms with Crippen LogP contribution >= 0.6 is 11.6 Å². The van der Waals surface area contributed by atoms with Gasteiger partial charge in [0.2, 0.25) is 11.8 Å². The lowest BCUT2D eigenvalue weighted by molar-refractivity contribution is -0.129. The summed E-state index contributed by atoms with van der Waals surface area (Å²) in [6.45, 7) is 6.29. The molecule has 1 saturated carbocycles. The number of fused-ring (bicyclic) bond motifs is 4. The summed E-state index contributed by atoms with van der Waals surface area (Å²) in [6, 6.07) is 4.63. The molecule has 236 valence electrons. The van der Waals surface area contributed by atoms with Crippen LogP contribution in [-0.2, 0) is 4.79 Å². The molecule has 1 amide bonds. The van der Waals surface area contributed by atoms with Crippen LogP contribution in [0.25, 0.3) is 22.0 Å². The number of alkyl halides is 1. The summed E-state index contributed by atoms with van der Waals surface area (Å²) in [7, 11) is 0. The summed E-state index contributed by atoms with van der Waals surface area (Å²) < 4.78 is 37.6. The molecule has 3 aromatic rings. The number of aromatic nitrogens is 2. The van der Waals surface area contributed by atoms with Gasteiger partial charge in [0.15, 0.2) is 5.82 Å². The first kappa shape index (κ1) is 28.9. The van der Waals surface area contributed by atoms with Gasteiger partial charge in [-0.2, -0.15) is 4.98 Å². The molecule has 2 bridgehead atoms. The summed E-state index contributed by atoms with van der Waals surface area (Å²) in [5, 5.41) is 11.6. The summed E-state index contributed by atoms with van der Waals surface area (Å²) in [6.07, 6.45) is 8.00. The molecule has 0 radical (unpaired) electrons. The first-order valence-electron chi connectivity index (χ1n) is 16.0. The number of carbonyl (C=O) groups is 1. The minimum absolute atomic E-state index is 0.00537. The number of amides is 1. The van der Waals surface area contributed by atoms with E-state index in [1.165, 1.54) is 18.2 Å². The first-order chi connectivity index (χ1) is 21.7. The number of halogens is 3. The van der Waals surface area contributed by atoms with Crippen molar-refractivity contribution in [2.45, 2.75) is 74.7 Å². The molecule has 4 unspecified atom stereocenters. The summed E-state index contributed by atoms with van der Waals surface area (Å²) in [5.41, 5.74) is 1.01. The Morgan fingerprint density at radius 1 is 1.16 bits per heavy atom. The quantitative estimate of drug-likeness (QED) is 0.319. The number of anilines is 1. The third kappa shape index (κ3) is 4.83. The lowest BCUT2D eigenvalue weighted by Crippen LogP contribution is -2.55. The monoisotopic (exact) mass is 635 g/mol. The van der Waals surface area contributed by atoms with Crippen LogP contribution in [0.1, 0.15) is 56.4 Å². The Morgan fingerprint density at radius 3 is 2.67 bits per heavy atom. The Kier molecular flexibility index (Phi) is 6.94. The maximum Gasteiger partial charge on any atom is 0.246 e. The Labute approximate surface area is 265 Å². The lowest BCUT2D eigenvalue weighted by atomic mass is 9.95. The van der Waals surface area contributed by atoms with Crippen LogP contribution in [-0.4, -0.2) is 87.4 Å². The van der Waals surface area contributed by atoms with Crippen molar-refractivity contribution in [3.05, 3.63) is 53.5 Å². The summed E-state index contributed by atoms with van der Waals surface area (Å²) >= 11 is 6.57. The number of pyridine rings is 2.